The number of nitrogens with zero attached hydrogens (tertiary/aromatic N) is 3. The van der Waals surface area contributed by atoms with Crippen LogP contribution in [0.2, 0.25) is 0 Å². The molecule has 3 aromatic rings. The summed E-state index contributed by atoms with van der Waals surface area (Å²) in [5, 5.41) is 18.0. The van der Waals surface area contributed by atoms with Crippen molar-refractivity contribution in [3.8, 4) is 0 Å². The minimum atomic E-state index is -3.80. The maximum atomic E-state index is 12.7. The molecule has 0 atom stereocenters. The molecule has 0 aliphatic rings. The molecule has 0 amide bonds. The molecule has 3 aromatic carbocycles. The number of nitro benzene ring substituents is 1. The van der Waals surface area contributed by atoms with Crippen molar-refractivity contribution in [3.63, 3.8) is 0 Å². The molecule has 0 radical (unpaired) electrons. The summed E-state index contributed by atoms with van der Waals surface area (Å²) < 4.78 is 26.6. The average Bonchev–Trinajstić information content (AvgIpc) is 2.77. The smallest absolute Gasteiger partial charge is 0.271 e. The predicted octanol–water partition coefficient (Wildman–Crippen LogP) is 4.61. The molecule has 162 valence electrons. The molecule has 0 aromatic heterocycles. The zero-order valence-corrected chi connectivity index (χ0v) is 18.4. The maximum absolute atomic E-state index is 12.7. The van der Waals surface area contributed by atoms with Crippen molar-refractivity contribution in [2.75, 3.05) is 18.5 Å². The third kappa shape index (κ3) is 4.73. The van der Waals surface area contributed by atoms with Crippen LogP contribution < -0.4 is 5.43 Å². The molecule has 1 N–H and O–H groups in total. The molecule has 0 aliphatic heterocycles. The Hall–Kier alpha value is -3.30. The lowest BCUT2D eigenvalue weighted by molar-refractivity contribution is -0.384. The van der Waals surface area contributed by atoms with Gasteiger partial charge in [0.05, 0.1) is 15.5 Å². The molecule has 3 rings (SSSR count). The minimum Gasteiger partial charge on any atom is -0.271 e. The van der Waals surface area contributed by atoms with Gasteiger partial charge in [-0.25, -0.2) is 8.42 Å². The molecule has 0 fully saturated rings. The van der Waals surface area contributed by atoms with E-state index >= 15 is 0 Å². The number of sulfonamides is 1. The summed E-state index contributed by atoms with van der Waals surface area (Å²) in [5.74, 6) is 0. The van der Waals surface area contributed by atoms with E-state index in [1.807, 2.05) is 42.5 Å². The summed E-state index contributed by atoms with van der Waals surface area (Å²) in [7, 11) is -3.80. The van der Waals surface area contributed by atoms with Gasteiger partial charge >= 0.3 is 0 Å². The highest BCUT2D eigenvalue weighted by Crippen LogP contribution is 2.29. The van der Waals surface area contributed by atoms with E-state index in [1.54, 1.807) is 20.8 Å². The van der Waals surface area contributed by atoms with Gasteiger partial charge in [0, 0.05) is 19.2 Å². The van der Waals surface area contributed by atoms with Gasteiger partial charge < -0.3 is 0 Å². The number of fused-ring (bicyclic) bond motifs is 1. The van der Waals surface area contributed by atoms with Crippen molar-refractivity contribution in [3.05, 3.63) is 76.3 Å². The predicted molar refractivity (Wildman–Crippen MR) is 123 cm³/mol. The summed E-state index contributed by atoms with van der Waals surface area (Å²) in [4.78, 5) is 10.8. The van der Waals surface area contributed by atoms with Crippen LogP contribution in [-0.2, 0) is 10.0 Å². The van der Waals surface area contributed by atoms with Crippen LogP contribution in [0.15, 0.2) is 70.7 Å². The number of hydrogen-bond donors (Lipinski definition) is 1. The second-order valence-electron chi connectivity index (χ2n) is 6.90. The summed E-state index contributed by atoms with van der Waals surface area (Å²) in [6.45, 7) is 5.79. The lowest BCUT2D eigenvalue weighted by atomic mass is 10.0. The first-order chi connectivity index (χ1) is 14.8. The molecule has 0 saturated carbocycles. The first-order valence-corrected chi connectivity index (χ1v) is 11.3. The van der Waals surface area contributed by atoms with E-state index in [-0.39, 0.29) is 29.4 Å². The highest BCUT2D eigenvalue weighted by molar-refractivity contribution is 7.89. The van der Waals surface area contributed by atoms with E-state index in [1.165, 1.54) is 16.4 Å². The van der Waals surface area contributed by atoms with Crippen LogP contribution in [0, 0.1) is 10.1 Å². The summed E-state index contributed by atoms with van der Waals surface area (Å²) in [5.41, 5.74) is 3.98. The molecule has 0 aliphatic carbocycles. The molecular formula is C22H24N4O4S. The molecule has 0 spiro atoms. The highest BCUT2D eigenvalue weighted by atomic mass is 32.2. The van der Waals surface area contributed by atoms with E-state index in [9.17, 15) is 18.5 Å². The van der Waals surface area contributed by atoms with Crippen LogP contribution >= 0.6 is 0 Å². The summed E-state index contributed by atoms with van der Waals surface area (Å²) >= 11 is 0. The van der Waals surface area contributed by atoms with Crippen LogP contribution in [-0.4, -0.2) is 36.4 Å². The number of rotatable bonds is 8. The molecule has 0 unspecified atom stereocenters. The highest BCUT2D eigenvalue weighted by Gasteiger charge is 2.25. The Morgan fingerprint density at radius 3 is 2.35 bits per heavy atom. The number of nitrogens with one attached hydrogen (secondary N) is 1. The summed E-state index contributed by atoms with van der Waals surface area (Å²) in [6.07, 6.45) is 0. The van der Waals surface area contributed by atoms with E-state index in [2.05, 4.69) is 10.5 Å². The van der Waals surface area contributed by atoms with E-state index in [4.69, 9.17) is 0 Å². The maximum Gasteiger partial charge on any atom is 0.295 e. The Labute approximate surface area is 181 Å². The zero-order chi connectivity index (χ0) is 22.6. The molecule has 0 saturated heterocycles. The Bertz CT molecular complexity index is 1250. The number of benzene rings is 3. The third-order valence-corrected chi connectivity index (χ3v) is 7.07. The lowest BCUT2D eigenvalue weighted by Gasteiger charge is -2.18. The molecule has 9 heteroatoms. The summed E-state index contributed by atoms with van der Waals surface area (Å²) in [6, 6.07) is 17.6. The Morgan fingerprint density at radius 2 is 1.71 bits per heavy atom. The average molecular weight is 441 g/mol. The van der Waals surface area contributed by atoms with Crippen molar-refractivity contribution in [1.29, 1.82) is 0 Å². The van der Waals surface area contributed by atoms with Crippen molar-refractivity contribution < 1.29 is 13.3 Å². The standard InChI is InChI=1S/C22H24N4O4S/c1-4-25(5-2)31(29,30)20-12-13-21(22(15-20)26(27)28)24-23-16(3)18-11-10-17-8-6-7-9-19(17)14-18/h6-15,24H,4-5H2,1-3H3/b23-16+. The van der Waals surface area contributed by atoms with Gasteiger partial charge in [-0.15, -0.1) is 0 Å². The van der Waals surface area contributed by atoms with Gasteiger partial charge in [0.1, 0.15) is 5.69 Å². The van der Waals surface area contributed by atoms with Crippen LogP contribution in [0.3, 0.4) is 0 Å². The van der Waals surface area contributed by atoms with Crippen LogP contribution in [0.5, 0.6) is 0 Å². The van der Waals surface area contributed by atoms with Crippen LogP contribution in [0.1, 0.15) is 26.3 Å². The van der Waals surface area contributed by atoms with E-state index < -0.39 is 14.9 Å². The number of hydrazone groups is 1. The number of hydrogen-bond acceptors (Lipinski definition) is 6. The van der Waals surface area contributed by atoms with E-state index in [0.717, 1.165) is 22.4 Å². The Kier molecular flexibility index (Phi) is 6.67. The first-order valence-electron chi connectivity index (χ1n) is 9.86. The van der Waals surface area contributed by atoms with E-state index in [0.29, 0.717) is 5.71 Å². The number of anilines is 1. The van der Waals surface area contributed by atoms with Gasteiger partial charge in [0.25, 0.3) is 5.69 Å². The normalized spacial score (nSPS) is 12.3. The SMILES string of the molecule is CCN(CC)S(=O)(=O)c1ccc(N/N=C(\C)c2ccc3ccccc3c2)c([N+](=O)[O-])c1. The second-order valence-corrected chi connectivity index (χ2v) is 8.83. The molecule has 0 bridgehead atoms. The fraction of sp³-hybridized carbons (Fsp3) is 0.227. The molecule has 8 nitrogen and oxygen atoms in total. The van der Waals surface area contributed by atoms with Crippen molar-refractivity contribution in [2.45, 2.75) is 25.7 Å². The molecule has 0 heterocycles. The fourth-order valence-corrected chi connectivity index (χ4v) is 4.73. The molecule has 31 heavy (non-hydrogen) atoms. The monoisotopic (exact) mass is 440 g/mol. The van der Waals surface area contributed by atoms with Gasteiger partial charge in [0.2, 0.25) is 10.0 Å². The topological polar surface area (TPSA) is 105 Å². The molecular weight excluding hydrogens is 416 g/mol. The minimum absolute atomic E-state index is 0.114. The third-order valence-electron chi connectivity index (χ3n) is 5.02. The quantitative estimate of drug-likeness (QED) is 0.313. The largest absolute Gasteiger partial charge is 0.295 e. The Morgan fingerprint density at radius 1 is 1.03 bits per heavy atom. The number of nitro groups is 1. The van der Waals surface area contributed by atoms with Gasteiger partial charge in [0.15, 0.2) is 0 Å². The lowest BCUT2D eigenvalue weighted by Crippen LogP contribution is -2.30. The van der Waals surface area contributed by atoms with Gasteiger partial charge in [-0.05, 0) is 41.5 Å². The van der Waals surface area contributed by atoms with Crippen LogP contribution in [0.4, 0.5) is 11.4 Å². The fourth-order valence-electron chi connectivity index (χ4n) is 3.25. The van der Waals surface area contributed by atoms with Crippen molar-refractivity contribution >= 4 is 37.9 Å². The van der Waals surface area contributed by atoms with Gasteiger partial charge in [-0.3, -0.25) is 15.5 Å². The van der Waals surface area contributed by atoms with Crippen LogP contribution in [0.25, 0.3) is 10.8 Å². The van der Waals surface area contributed by atoms with Gasteiger partial charge in [-0.1, -0.05) is 50.2 Å². The first kappa shape index (κ1) is 22.4. The zero-order valence-electron chi connectivity index (χ0n) is 17.6. The van der Waals surface area contributed by atoms with Crippen molar-refractivity contribution in [1.82, 2.24) is 4.31 Å². The Balaban J connectivity index is 1.92. The van der Waals surface area contributed by atoms with Crippen molar-refractivity contribution in [2.24, 2.45) is 5.10 Å². The second kappa shape index (κ2) is 9.23. The van der Waals surface area contributed by atoms with Gasteiger partial charge in [-0.2, -0.15) is 9.41 Å².